The molecule has 0 unspecified atom stereocenters. The van der Waals surface area contributed by atoms with Gasteiger partial charge in [-0.05, 0) is 39.0 Å². The summed E-state index contributed by atoms with van der Waals surface area (Å²) in [7, 11) is 1.88. The van der Waals surface area contributed by atoms with E-state index in [1.165, 1.54) is 5.56 Å². The Morgan fingerprint density at radius 3 is 2.65 bits per heavy atom. The molecule has 0 radical (unpaired) electrons. The first-order chi connectivity index (χ1) is 16.4. The number of fused-ring (bicyclic) bond motifs is 1. The molecular weight excluding hydrogens is 430 g/mol. The van der Waals surface area contributed by atoms with Crippen molar-refractivity contribution in [1.29, 1.82) is 0 Å². The summed E-state index contributed by atoms with van der Waals surface area (Å²) in [6.45, 7) is 8.66. The minimum absolute atomic E-state index is 0.0370. The number of amides is 1. The summed E-state index contributed by atoms with van der Waals surface area (Å²) < 4.78 is 9.13. The molecule has 4 heterocycles. The van der Waals surface area contributed by atoms with Crippen molar-refractivity contribution in [2.75, 3.05) is 31.2 Å². The summed E-state index contributed by atoms with van der Waals surface area (Å²) in [6.07, 6.45) is 1.87. The average Bonchev–Trinajstić information content (AvgIpc) is 3.44. The fourth-order valence-electron chi connectivity index (χ4n) is 4.26. The highest BCUT2D eigenvalue weighted by molar-refractivity contribution is 6.00. The number of nitrogens with one attached hydrogen (secondary N) is 1. The van der Waals surface area contributed by atoms with Gasteiger partial charge in [-0.2, -0.15) is 10.1 Å². The van der Waals surface area contributed by atoms with Crippen LogP contribution in [0.1, 0.15) is 29.9 Å². The number of carbonyl (C=O) groups is 1. The van der Waals surface area contributed by atoms with Crippen LogP contribution in [0.15, 0.2) is 42.6 Å². The zero-order chi connectivity index (χ0) is 23.8. The molecule has 0 bridgehead atoms. The number of nitrogens with zero attached hydrogens (tertiary/aromatic N) is 6. The molecule has 1 aromatic carbocycles. The van der Waals surface area contributed by atoms with Crippen molar-refractivity contribution in [2.24, 2.45) is 7.05 Å². The minimum atomic E-state index is -0.134. The number of hydrogen-bond acceptors (Lipinski definition) is 6. The molecule has 9 nitrogen and oxygen atoms in total. The van der Waals surface area contributed by atoms with Crippen LogP contribution in [0.5, 0.6) is 0 Å². The summed E-state index contributed by atoms with van der Waals surface area (Å²) in [5.74, 6) is 1.11. The van der Waals surface area contributed by atoms with Gasteiger partial charge in [0.05, 0.1) is 24.4 Å². The van der Waals surface area contributed by atoms with Crippen LogP contribution < -0.4 is 10.2 Å². The minimum Gasteiger partial charge on any atom is -0.378 e. The molecule has 1 amide bonds. The van der Waals surface area contributed by atoms with E-state index in [0.29, 0.717) is 30.4 Å². The van der Waals surface area contributed by atoms with Gasteiger partial charge in [-0.15, -0.1) is 0 Å². The van der Waals surface area contributed by atoms with Gasteiger partial charge >= 0.3 is 0 Å². The lowest BCUT2D eigenvalue weighted by Crippen LogP contribution is -2.37. The lowest BCUT2D eigenvalue weighted by Gasteiger charge is -2.28. The van der Waals surface area contributed by atoms with Gasteiger partial charge in [0.1, 0.15) is 11.2 Å². The van der Waals surface area contributed by atoms with Crippen molar-refractivity contribution in [3.63, 3.8) is 0 Å². The van der Waals surface area contributed by atoms with E-state index >= 15 is 0 Å². The molecule has 0 aliphatic carbocycles. The highest BCUT2D eigenvalue weighted by Gasteiger charge is 2.24. The van der Waals surface area contributed by atoms with E-state index in [4.69, 9.17) is 19.8 Å². The van der Waals surface area contributed by atoms with E-state index in [2.05, 4.69) is 29.3 Å². The number of morpholine rings is 1. The Morgan fingerprint density at radius 1 is 1.12 bits per heavy atom. The standard InChI is InChI=1S/C25H29N7O2/c1-16(2)26-24(33)21-15-20-22(30(21)4)23(31-10-12-34-13-11-31)28-25(27-20)32-9-8-19(29-32)18-7-5-6-17(3)14-18/h5-9,14-16H,10-13H2,1-4H3,(H,26,33). The number of carbonyl (C=O) groups excluding carboxylic acids is 1. The Kier molecular flexibility index (Phi) is 5.79. The van der Waals surface area contributed by atoms with Crippen molar-refractivity contribution >= 4 is 22.8 Å². The Hall–Kier alpha value is -3.72. The number of hydrogen-bond donors (Lipinski definition) is 1. The van der Waals surface area contributed by atoms with Gasteiger partial charge in [0, 0.05) is 37.9 Å². The predicted molar refractivity (Wildman–Crippen MR) is 131 cm³/mol. The van der Waals surface area contributed by atoms with Crippen molar-refractivity contribution in [2.45, 2.75) is 26.8 Å². The summed E-state index contributed by atoms with van der Waals surface area (Å²) >= 11 is 0. The first kappa shape index (κ1) is 22.1. The second-order valence-electron chi connectivity index (χ2n) is 8.91. The van der Waals surface area contributed by atoms with Crippen LogP contribution in [-0.4, -0.2) is 62.6 Å². The third-order valence-corrected chi connectivity index (χ3v) is 5.92. The van der Waals surface area contributed by atoms with Crippen molar-refractivity contribution in [3.8, 4) is 17.2 Å². The Balaban J connectivity index is 1.62. The molecule has 5 rings (SSSR count). The smallest absolute Gasteiger partial charge is 0.268 e. The van der Waals surface area contributed by atoms with Gasteiger partial charge in [0.15, 0.2) is 5.82 Å². The van der Waals surface area contributed by atoms with E-state index in [1.807, 2.05) is 55.9 Å². The van der Waals surface area contributed by atoms with Crippen LogP contribution in [0, 0.1) is 6.92 Å². The van der Waals surface area contributed by atoms with E-state index in [9.17, 15) is 4.79 Å². The second kappa shape index (κ2) is 8.90. The molecule has 4 aromatic rings. The van der Waals surface area contributed by atoms with Crippen LogP contribution >= 0.6 is 0 Å². The van der Waals surface area contributed by atoms with Crippen LogP contribution in [0.25, 0.3) is 28.2 Å². The number of aromatic nitrogens is 5. The highest BCUT2D eigenvalue weighted by Crippen LogP contribution is 2.29. The van der Waals surface area contributed by atoms with Gasteiger partial charge in [-0.1, -0.05) is 23.8 Å². The zero-order valence-electron chi connectivity index (χ0n) is 19.9. The van der Waals surface area contributed by atoms with Gasteiger partial charge in [-0.3, -0.25) is 4.79 Å². The SMILES string of the molecule is Cc1cccc(-c2ccn(-c3nc(N4CCOCC4)c4c(cc(C(=O)NC(C)C)n4C)n3)n2)c1. The van der Waals surface area contributed by atoms with E-state index in [0.717, 1.165) is 35.7 Å². The molecule has 1 aliphatic heterocycles. The van der Waals surface area contributed by atoms with Crippen LogP contribution in [0.4, 0.5) is 5.82 Å². The molecule has 0 saturated carbocycles. The lowest BCUT2D eigenvalue weighted by molar-refractivity contribution is 0.0935. The van der Waals surface area contributed by atoms with E-state index in [1.54, 1.807) is 4.68 Å². The maximum Gasteiger partial charge on any atom is 0.268 e. The quantitative estimate of drug-likeness (QED) is 0.493. The van der Waals surface area contributed by atoms with Crippen LogP contribution in [0.2, 0.25) is 0 Å². The Morgan fingerprint density at radius 2 is 1.91 bits per heavy atom. The molecule has 34 heavy (non-hydrogen) atoms. The maximum atomic E-state index is 12.8. The lowest BCUT2D eigenvalue weighted by atomic mass is 10.1. The third kappa shape index (κ3) is 4.14. The molecule has 1 aliphatic rings. The molecule has 176 valence electrons. The fourth-order valence-corrected chi connectivity index (χ4v) is 4.26. The Bertz CT molecular complexity index is 1350. The second-order valence-corrected chi connectivity index (χ2v) is 8.91. The highest BCUT2D eigenvalue weighted by atomic mass is 16.5. The first-order valence-corrected chi connectivity index (χ1v) is 11.5. The van der Waals surface area contributed by atoms with Crippen molar-refractivity contribution < 1.29 is 9.53 Å². The summed E-state index contributed by atoms with van der Waals surface area (Å²) in [5.41, 5.74) is 5.15. The number of aryl methyl sites for hydroxylation is 2. The van der Waals surface area contributed by atoms with Gasteiger partial charge < -0.3 is 19.5 Å². The normalized spacial score (nSPS) is 14.2. The monoisotopic (exact) mass is 459 g/mol. The van der Waals surface area contributed by atoms with Gasteiger partial charge in [-0.25, -0.2) is 9.67 Å². The summed E-state index contributed by atoms with van der Waals surface area (Å²) in [6, 6.07) is 12.1. The summed E-state index contributed by atoms with van der Waals surface area (Å²) in [5, 5.41) is 7.72. The van der Waals surface area contributed by atoms with Crippen molar-refractivity contribution in [3.05, 3.63) is 53.9 Å². The Labute approximate surface area is 198 Å². The molecule has 3 aromatic heterocycles. The van der Waals surface area contributed by atoms with E-state index in [-0.39, 0.29) is 11.9 Å². The largest absolute Gasteiger partial charge is 0.378 e. The molecule has 9 heteroatoms. The molecule has 1 saturated heterocycles. The number of ether oxygens (including phenoxy) is 1. The first-order valence-electron chi connectivity index (χ1n) is 11.5. The number of rotatable bonds is 5. The molecule has 1 N–H and O–H groups in total. The van der Waals surface area contributed by atoms with Crippen molar-refractivity contribution in [1.82, 2.24) is 29.6 Å². The van der Waals surface area contributed by atoms with Gasteiger partial charge in [0.25, 0.3) is 11.9 Å². The number of anilines is 1. The molecule has 0 spiro atoms. The van der Waals surface area contributed by atoms with Gasteiger partial charge in [0.2, 0.25) is 0 Å². The molecular formula is C25H29N7O2. The topological polar surface area (TPSA) is 90.1 Å². The predicted octanol–water partition coefficient (Wildman–Crippen LogP) is 3.10. The number of benzene rings is 1. The average molecular weight is 460 g/mol. The maximum absolute atomic E-state index is 12.8. The van der Waals surface area contributed by atoms with E-state index < -0.39 is 0 Å². The van der Waals surface area contributed by atoms with Crippen LogP contribution in [-0.2, 0) is 11.8 Å². The third-order valence-electron chi connectivity index (χ3n) is 5.92. The van der Waals surface area contributed by atoms with Crippen LogP contribution in [0.3, 0.4) is 0 Å². The summed E-state index contributed by atoms with van der Waals surface area (Å²) in [4.78, 5) is 24.8. The molecule has 1 fully saturated rings. The fraction of sp³-hybridized carbons (Fsp3) is 0.360. The zero-order valence-corrected chi connectivity index (χ0v) is 19.9. The molecule has 0 atom stereocenters.